The van der Waals surface area contributed by atoms with Gasteiger partial charge in [-0.05, 0) is 44.2 Å². The molecule has 0 bridgehead atoms. The van der Waals surface area contributed by atoms with E-state index in [-0.39, 0.29) is 23.6 Å². The lowest BCUT2D eigenvalue weighted by Crippen LogP contribution is -2.27. The number of hydrogen-bond donors (Lipinski definition) is 1. The number of nitrogens with zero attached hydrogens (tertiary/aromatic N) is 2. The highest BCUT2D eigenvalue weighted by atomic mass is 16.5. The van der Waals surface area contributed by atoms with E-state index in [1.165, 1.54) is 26.4 Å². The van der Waals surface area contributed by atoms with Gasteiger partial charge in [0.15, 0.2) is 17.2 Å². The van der Waals surface area contributed by atoms with Crippen LogP contribution in [-0.4, -0.2) is 42.5 Å². The standard InChI is InChI=1S/C23H23N3O6/c1-5-32-23(29)21-17(13-20(27)26(25-21)16-9-6-14(2)7-10-16)24-22(28)15-8-11-18(30-3)19(12-15)31-4/h6-13H,5H2,1-4H3,(H,24,28). The normalized spacial score (nSPS) is 10.4. The summed E-state index contributed by atoms with van der Waals surface area (Å²) in [4.78, 5) is 38.1. The lowest BCUT2D eigenvalue weighted by Gasteiger charge is -2.13. The maximum absolute atomic E-state index is 12.8. The van der Waals surface area contributed by atoms with Gasteiger partial charge in [-0.1, -0.05) is 17.7 Å². The molecule has 0 spiro atoms. The fourth-order valence-electron chi connectivity index (χ4n) is 2.94. The van der Waals surface area contributed by atoms with Crippen molar-refractivity contribution in [1.29, 1.82) is 0 Å². The first-order valence-corrected chi connectivity index (χ1v) is 9.79. The average Bonchev–Trinajstić information content (AvgIpc) is 2.79. The third-order valence-electron chi connectivity index (χ3n) is 4.57. The van der Waals surface area contributed by atoms with Crippen LogP contribution in [0, 0.1) is 6.92 Å². The number of hydrogen-bond acceptors (Lipinski definition) is 7. The second-order valence-electron chi connectivity index (χ2n) is 6.74. The van der Waals surface area contributed by atoms with Gasteiger partial charge in [0.05, 0.1) is 32.2 Å². The Balaban J connectivity index is 2.02. The summed E-state index contributed by atoms with van der Waals surface area (Å²) in [5.74, 6) is -0.515. The second-order valence-corrected chi connectivity index (χ2v) is 6.74. The number of rotatable bonds is 7. The molecule has 1 amide bonds. The monoisotopic (exact) mass is 437 g/mol. The van der Waals surface area contributed by atoms with Crippen molar-refractivity contribution < 1.29 is 23.8 Å². The highest BCUT2D eigenvalue weighted by Gasteiger charge is 2.21. The lowest BCUT2D eigenvalue weighted by atomic mass is 10.1. The van der Waals surface area contributed by atoms with Crippen LogP contribution in [0.4, 0.5) is 5.69 Å². The van der Waals surface area contributed by atoms with Crippen molar-refractivity contribution in [3.05, 3.63) is 75.7 Å². The molecule has 0 fully saturated rings. The van der Waals surface area contributed by atoms with Gasteiger partial charge in [0.1, 0.15) is 0 Å². The Hall–Kier alpha value is -4.14. The molecule has 32 heavy (non-hydrogen) atoms. The third-order valence-corrected chi connectivity index (χ3v) is 4.57. The molecular formula is C23H23N3O6. The Morgan fingerprint density at radius 2 is 1.69 bits per heavy atom. The van der Waals surface area contributed by atoms with Crippen LogP contribution in [0.5, 0.6) is 11.5 Å². The number of ether oxygens (including phenoxy) is 3. The molecular weight excluding hydrogens is 414 g/mol. The predicted molar refractivity (Wildman–Crippen MR) is 118 cm³/mol. The number of aromatic nitrogens is 2. The number of nitrogens with one attached hydrogen (secondary N) is 1. The number of carbonyl (C=O) groups is 2. The molecule has 9 heteroatoms. The Morgan fingerprint density at radius 1 is 1.00 bits per heavy atom. The molecule has 0 aliphatic heterocycles. The molecule has 0 radical (unpaired) electrons. The Labute approximate surface area is 184 Å². The first kappa shape index (κ1) is 22.5. The summed E-state index contributed by atoms with van der Waals surface area (Å²) in [7, 11) is 2.94. The van der Waals surface area contributed by atoms with E-state index < -0.39 is 17.4 Å². The van der Waals surface area contributed by atoms with E-state index in [4.69, 9.17) is 14.2 Å². The summed E-state index contributed by atoms with van der Waals surface area (Å²) in [6, 6.07) is 12.8. The van der Waals surface area contributed by atoms with Crippen molar-refractivity contribution in [2.24, 2.45) is 0 Å². The van der Waals surface area contributed by atoms with Crippen molar-refractivity contribution in [3.8, 4) is 17.2 Å². The summed E-state index contributed by atoms with van der Waals surface area (Å²) >= 11 is 0. The summed E-state index contributed by atoms with van der Waals surface area (Å²) in [5, 5.41) is 6.74. The molecule has 9 nitrogen and oxygen atoms in total. The number of aryl methyl sites for hydroxylation is 1. The van der Waals surface area contributed by atoms with Crippen LogP contribution >= 0.6 is 0 Å². The van der Waals surface area contributed by atoms with E-state index in [9.17, 15) is 14.4 Å². The maximum atomic E-state index is 12.8. The van der Waals surface area contributed by atoms with E-state index in [0.717, 1.165) is 16.3 Å². The van der Waals surface area contributed by atoms with E-state index in [2.05, 4.69) is 10.4 Å². The maximum Gasteiger partial charge on any atom is 0.360 e. The summed E-state index contributed by atoms with van der Waals surface area (Å²) in [6.07, 6.45) is 0. The van der Waals surface area contributed by atoms with Gasteiger partial charge in [0.2, 0.25) is 0 Å². The smallest absolute Gasteiger partial charge is 0.360 e. The summed E-state index contributed by atoms with van der Waals surface area (Å²) < 4.78 is 16.5. The van der Waals surface area contributed by atoms with Gasteiger partial charge in [0.25, 0.3) is 11.5 Å². The van der Waals surface area contributed by atoms with Crippen LogP contribution in [0.25, 0.3) is 5.69 Å². The van der Waals surface area contributed by atoms with Gasteiger partial charge in [-0.2, -0.15) is 9.78 Å². The number of methoxy groups -OCH3 is 2. The van der Waals surface area contributed by atoms with Gasteiger partial charge in [0, 0.05) is 11.6 Å². The number of esters is 1. The molecule has 166 valence electrons. The van der Waals surface area contributed by atoms with Crippen molar-refractivity contribution >= 4 is 17.6 Å². The molecule has 3 rings (SSSR count). The molecule has 0 aliphatic rings. The van der Waals surface area contributed by atoms with Gasteiger partial charge >= 0.3 is 5.97 Å². The van der Waals surface area contributed by atoms with Crippen LogP contribution in [-0.2, 0) is 4.74 Å². The molecule has 0 saturated carbocycles. The first-order valence-electron chi connectivity index (χ1n) is 9.79. The topological polar surface area (TPSA) is 109 Å². The minimum Gasteiger partial charge on any atom is -0.493 e. The summed E-state index contributed by atoms with van der Waals surface area (Å²) in [5.41, 5.74) is 0.942. The van der Waals surface area contributed by atoms with E-state index in [1.807, 2.05) is 19.1 Å². The highest BCUT2D eigenvalue weighted by Crippen LogP contribution is 2.28. The third kappa shape index (κ3) is 4.77. The highest BCUT2D eigenvalue weighted by molar-refractivity contribution is 6.07. The quantitative estimate of drug-likeness (QED) is 0.566. The van der Waals surface area contributed by atoms with E-state index in [1.54, 1.807) is 25.1 Å². The van der Waals surface area contributed by atoms with Crippen LogP contribution in [0.2, 0.25) is 0 Å². The molecule has 1 aromatic heterocycles. The second kappa shape index (κ2) is 9.78. The molecule has 0 saturated heterocycles. The minimum atomic E-state index is -0.768. The molecule has 3 aromatic rings. The molecule has 2 aromatic carbocycles. The van der Waals surface area contributed by atoms with Gasteiger partial charge < -0.3 is 19.5 Å². The molecule has 0 atom stereocenters. The van der Waals surface area contributed by atoms with Crippen molar-refractivity contribution in [2.75, 3.05) is 26.1 Å². The molecule has 0 aliphatic carbocycles. The average molecular weight is 437 g/mol. The zero-order chi connectivity index (χ0) is 23.3. The van der Waals surface area contributed by atoms with Gasteiger partial charge in [-0.15, -0.1) is 0 Å². The number of carbonyl (C=O) groups excluding carboxylic acids is 2. The van der Waals surface area contributed by atoms with Gasteiger partial charge in [-0.25, -0.2) is 4.79 Å². The van der Waals surface area contributed by atoms with Gasteiger partial charge in [-0.3, -0.25) is 9.59 Å². The molecule has 0 unspecified atom stereocenters. The lowest BCUT2D eigenvalue weighted by molar-refractivity contribution is 0.0518. The van der Waals surface area contributed by atoms with Crippen LogP contribution in [0.15, 0.2) is 53.3 Å². The number of benzene rings is 2. The molecule has 1 N–H and O–H groups in total. The number of amides is 1. The first-order chi connectivity index (χ1) is 15.4. The van der Waals surface area contributed by atoms with Crippen molar-refractivity contribution in [1.82, 2.24) is 9.78 Å². The van der Waals surface area contributed by atoms with Crippen molar-refractivity contribution in [3.63, 3.8) is 0 Å². The molecule has 1 heterocycles. The van der Waals surface area contributed by atoms with Crippen LogP contribution in [0.3, 0.4) is 0 Å². The Morgan fingerprint density at radius 3 is 2.31 bits per heavy atom. The minimum absolute atomic E-state index is 0.0587. The zero-order valence-corrected chi connectivity index (χ0v) is 18.2. The number of anilines is 1. The zero-order valence-electron chi connectivity index (χ0n) is 18.2. The Bertz CT molecular complexity index is 1200. The van der Waals surface area contributed by atoms with E-state index in [0.29, 0.717) is 17.2 Å². The predicted octanol–water partition coefficient (Wildman–Crippen LogP) is 2.99. The van der Waals surface area contributed by atoms with Crippen LogP contribution in [0.1, 0.15) is 33.3 Å². The fourth-order valence-corrected chi connectivity index (χ4v) is 2.94. The Kier molecular flexibility index (Phi) is 6.89. The fraction of sp³-hybridized carbons (Fsp3) is 0.217. The van der Waals surface area contributed by atoms with Crippen molar-refractivity contribution in [2.45, 2.75) is 13.8 Å². The summed E-state index contributed by atoms with van der Waals surface area (Å²) in [6.45, 7) is 3.67. The largest absolute Gasteiger partial charge is 0.493 e. The van der Waals surface area contributed by atoms with E-state index >= 15 is 0 Å². The SMILES string of the molecule is CCOC(=O)c1nn(-c2ccc(C)cc2)c(=O)cc1NC(=O)c1ccc(OC)c(OC)c1. The van der Waals surface area contributed by atoms with Crippen LogP contribution < -0.4 is 20.3 Å².